The number of hydrogen-bond acceptors (Lipinski definition) is 8. The first-order valence-electron chi connectivity index (χ1n) is 9.59. The van der Waals surface area contributed by atoms with Crippen LogP contribution in [0.25, 0.3) is 0 Å². The van der Waals surface area contributed by atoms with Gasteiger partial charge in [-0.25, -0.2) is 4.79 Å². The molecule has 0 spiro atoms. The molecule has 5 amide bonds. The van der Waals surface area contributed by atoms with E-state index in [1.165, 1.54) is 0 Å². The highest BCUT2D eigenvalue weighted by Crippen LogP contribution is 2.07. The molecular formula is C17H28N6O8. The average Bonchev–Trinajstić information content (AvgIpc) is 3.22. The molecule has 1 fully saturated rings. The maximum Gasteiger partial charge on any atom is 0.326 e. The number of rotatable bonds is 13. The molecule has 10 N–H and O–H groups in total. The van der Waals surface area contributed by atoms with Crippen LogP contribution in [-0.2, 0) is 28.8 Å². The summed E-state index contributed by atoms with van der Waals surface area (Å²) in [6.07, 6.45) is 0.261. The Morgan fingerprint density at radius 2 is 1.55 bits per heavy atom. The highest BCUT2D eigenvalue weighted by Gasteiger charge is 2.31. The Morgan fingerprint density at radius 3 is 2.03 bits per heavy atom. The quantitative estimate of drug-likeness (QED) is 0.136. The number of hydrogen-bond donors (Lipinski definition) is 8. The zero-order valence-corrected chi connectivity index (χ0v) is 16.8. The van der Waals surface area contributed by atoms with E-state index in [9.17, 15) is 33.9 Å². The number of carbonyl (C=O) groups is 6. The van der Waals surface area contributed by atoms with Gasteiger partial charge in [-0.15, -0.1) is 0 Å². The lowest BCUT2D eigenvalue weighted by Gasteiger charge is -2.24. The van der Waals surface area contributed by atoms with E-state index in [-0.39, 0.29) is 12.8 Å². The van der Waals surface area contributed by atoms with Crippen LogP contribution < -0.4 is 32.7 Å². The molecule has 0 aromatic rings. The SMILES string of the molecule is NC(=O)CCC(NC(=O)C1CCCN1)C(=O)NC(CO)C(=O)NC(CC(N)=O)C(=O)O. The zero-order chi connectivity index (χ0) is 23.6. The third-order valence-corrected chi connectivity index (χ3v) is 4.52. The van der Waals surface area contributed by atoms with Crippen molar-refractivity contribution in [2.75, 3.05) is 13.2 Å². The van der Waals surface area contributed by atoms with Crippen molar-refractivity contribution in [3.8, 4) is 0 Å². The van der Waals surface area contributed by atoms with Crippen molar-refractivity contribution in [3.63, 3.8) is 0 Å². The number of aliphatic hydroxyl groups excluding tert-OH is 1. The lowest BCUT2D eigenvalue weighted by atomic mass is 10.1. The highest BCUT2D eigenvalue weighted by molar-refractivity contribution is 5.95. The average molecular weight is 444 g/mol. The fourth-order valence-corrected chi connectivity index (χ4v) is 2.88. The number of nitrogens with two attached hydrogens (primary N) is 2. The number of amides is 5. The fourth-order valence-electron chi connectivity index (χ4n) is 2.88. The van der Waals surface area contributed by atoms with Crippen molar-refractivity contribution in [2.45, 2.75) is 56.3 Å². The Hall–Kier alpha value is -3.26. The molecule has 31 heavy (non-hydrogen) atoms. The molecule has 0 bridgehead atoms. The topological polar surface area (TPSA) is 243 Å². The largest absolute Gasteiger partial charge is 0.480 e. The molecule has 1 rings (SSSR count). The van der Waals surface area contributed by atoms with Crippen molar-refractivity contribution < 1.29 is 39.0 Å². The molecule has 0 aliphatic carbocycles. The third kappa shape index (κ3) is 8.96. The van der Waals surface area contributed by atoms with Gasteiger partial charge >= 0.3 is 5.97 Å². The Bertz CT molecular complexity index is 709. The van der Waals surface area contributed by atoms with Crippen molar-refractivity contribution in [3.05, 3.63) is 0 Å². The number of aliphatic carboxylic acids is 1. The first kappa shape index (κ1) is 25.8. The van der Waals surface area contributed by atoms with Gasteiger partial charge in [-0.2, -0.15) is 0 Å². The summed E-state index contributed by atoms with van der Waals surface area (Å²) >= 11 is 0. The van der Waals surface area contributed by atoms with Crippen LogP contribution in [-0.4, -0.2) is 83.0 Å². The molecule has 4 atom stereocenters. The molecule has 0 saturated carbocycles. The van der Waals surface area contributed by atoms with Gasteiger partial charge in [0.15, 0.2) is 0 Å². The number of nitrogens with one attached hydrogen (secondary N) is 4. The maximum atomic E-state index is 12.6. The Morgan fingerprint density at radius 1 is 0.935 bits per heavy atom. The summed E-state index contributed by atoms with van der Waals surface area (Å²) in [5.41, 5.74) is 10.0. The predicted octanol–water partition coefficient (Wildman–Crippen LogP) is -4.59. The third-order valence-electron chi connectivity index (χ3n) is 4.52. The van der Waals surface area contributed by atoms with Gasteiger partial charge in [0.1, 0.15) is 18.1 Å². The summed E-state index contributed by atoms with van der Waals surface area (Å²) < 4.78 is 0. The first-order valence-corrected chi connectivity index (χ1v) is 9.59. The minimum Gasteiger partial charge on any atom is -0.480 e. The molecule has 1 saturated heterocycles. The molecule has 14 nitrogen and oxygen atoms in total. The Kier molecular flexibility index (Phi) is 10.3. The number of carbonyl (C=O) groups excluding carboxylic acids is 5. The number of carboxylic acids is 1. The molecule has 14 heteroatoms. The minimum atomic E-state index is -1.66. The molecule has 0 aromatic heterocycles. The first-order chi connectivity index (χ1) is 14.5. The van der Waals surface area contributed by atoms with Crippen molar-refractivity contribution in [1.82, 2.24) is 21.3 Å². The van der Waals surface area contributed by atoms with Crippen LogP contribution in [0.1, 0.15) is 32.1 Å². The minimum absolute atomic E-state index is 0.154. The van der Waals surface area contributed by atoms with Crippen LogP contribution in [0.5, 0.6) is 0 Å². The molecule has 0 radical (unpaired) electrons. The van der Waals surface area contributed by atoms with Crippen LogP contribution in [0.2, 0.25) is 0 Å². The highest BCUT2D eigenvalue weighted by atomic mass is 16.4. The summed E-state index contributed by atoms with van der Waals surface area (Å²) in [5, 5.41) is 28.1. The Balaban J connectivity index is 2.82. The van der Waals surface area contributed by atoms with E-state index >= 15 is 0 Å². The van der Waals surface area contributed by atoms with Crippen LogP contribution in [0.15, 0.2) is 0 Å². The monoisotopic (exact) mass is 444 g/mol. The molecule has 1 aliphatic heterocycles. The summed E-state index contributed by atoms with van der Waals surface area (Å²) in [4.78, 5) is 70.3. The Labute approximate surface area is 177 Å². The van der Waals surface area contributed by atoms with Crippen LogP contribution in [0.3, 0.4) is 0 Å². The van der Waals surface area contributed by atoms with Crippen molar-refractivity contribution >= 4 is 35.5 Å². The smallest absolute Gasteiger partial charge is 0.326 e. The van der Waals surface area contributed by atoms with E-state index in [0.717, 1.165) is 6.42 Å². The molecule has 174 valence electrons. The van der Waals surface area contributed by atoms with E-state index in [1.807, 2.05) is 5.32 Å². The van der Waals surface area contributed by atoms with E-state index in [4.69, 9.17) is 16.6 Å². The zero-order valence-electron chi connectivity index (χ0n) is 16.8. The number of carboxylic acid groups (broad SMARTS) is 1. The second-order valence-corrected chi connectivity index (χ2v) is 7.03. The number of primary amides is 2. The van der Waals surface area contributed by atoms with E-state index in [0.29, 0.717) is 13.0 Å². The molecule has 1 heterocycles. The lowest BCUT2D eigenvalue weighted by Crippen LogP contribution is -2.58. The van der Waals surface area contributed by atoms with Crippen molar-refractivity contribution in [2.24, 2.45) is 11.5 Å². The predicted molar refractivity (Wildman–Crippen MR) is 104 cm³/mol. The lowest BCUT2D eigenvalue weighted by molar-refractivity contribution is -0.144. The fraction of sp³-hybridized carbons (Fsp3) is 0.647. The van der Waals surface area contributed by atoms with Gasteiger partial charge < -0.3 is 42.9 Å². The molecule has 1 aliphatic rings. The van der Waals surface area contributed by atoms with Crippen molar-refractivity contribution in [1.29, 1.82) is 0 Å². The van der Waals surface area contributed by atoms with Gasteiger partial charge in [0.25, 0.3) is 0 Å². The second-order valence-electron chi connectivity index (χ2n) is 7.03. The standard InChI is InChI=1S/C17H28N6O8/c18-12(25)4-3-9(21-14(27)8-2-1-5-20-8)15(28)23-11(7-24)16(29)22-10(17(30)31)6-13(19)26/h8-11,20,24H,1-7H2,(H2,18,25)(H2,19,26)(H,21,27)(H,22,29)(H,23,28)(H,30,31). The normalized spacial score (nSPS) is 18.3. The van der Waals surface area contributed by atoms with Gasteiger partial charge in [-0.05, 0) is 25.8 Å². The van der Waals surface area contributed by atoms with Crippen LogP contribution >= 0.6 is 0 Å². The van der Waals surface area contributed by atoms with Crippen LogP contribution in [0.4, 0.5) is 0 Å². The molecule has 4 unspecified atom stereocenters. The van der Waals surface area contributed by atoms with Gasteiger partial charge in [0, 0.05) is 6.42 Å². The van der Waals surface area contributed by atoms with E-state index in [1.54, 1.807) is 0 Å². The molecular weight excluding hydrogens is 416 g/mol. The summed E-state index contributed by atoms with van der Waals surface area (Å²) in [6, 6.07) is -4.98. The molecule has 0 aromatic carbocycles. The van der Waals surface area contributed by atoms with E-state index < -0.39 is 72.7 Å². The number of aliphatic hydroxyl groups is 1. The van der Waals surface area contributed by atoms with Gasteiger partial charge in [0.2, 0.25) is 29.5 Å². The summed E-state index contributed by atoms with van der Waals surface area (Å²) in [6.45, 7) is -0.264. The van der Waals surface area contributed by atoms with Gasteiger partial charge in [-0.3, -0.25) is 24.0 Å². The maximum absolute atomic E-state index is 12.6. The van der Waals surface area contributed by atoms with Gasteiger partial charge in [-0.1, -0.05) is 0 Å². The second kappa shape index (κ2) is 12.4. The summed E-state index contributed by atoms with van der Waals surface area (Å²) in [5.74, 6) is -5.67. The van der Waals surface area contributed by atoms with Gasteiger partial charge in [0.05, 0.1) is 19.1 Å². The summed E-state index contributed by atoms with van der Waals surface area (Å²) in [7, 11) is 0. The van der Waals surface area contributed by atoms with Crippen LogP contribution in [0, 0.1) is 0 Å². The van der Waals surface area contributed by atoms with E-state index in [2.05, 4.69) is 16.0 Å².